The van der Waals surface area contributed by atoms with Crippen LogP contribution in [-0.4, -0.2) is 26.5 Å². The summed E-state index contributed by atoms with van der Waals surface area (Å²) < 4.78 is 15.8. The first-order valence-electron chi connectivity index (χ1n) is 11.7. The lowest BCUT2D eigenvalue weighted by molar-refractivity contribution is -0.128. The average molecular weight is 593 g/mol. The summed E-state index contributed by atoms with van der Waals surface area (Å²) in [7, 11) is 1.70. The maximum atomic E-state index is 14.1. The van der Waals surface area contributed by atoms with Crippen LogP contribution in [0.15, 0.2) is 42.5 Å². The van der Waals surface area contributed by atoms with Gasteiger partial charge in [-0.2, -0.15) is 0 Å². The van der Waals surface area contributed by atoms with E-state index in [-0.39, 0.29) is 34.5 Å². The molecule has 0 aliphatic carbocycles. The van der Waals surface area contributed by atoms with E-state index >= 15 is 0 Å². The summed E-state index contributed by atoms with van der Waals surface area (Å²) in [5.74, 6) is -1.57. The molecule has 204 valence electrons. The van der Waals surface area contributed by atoms with Crippen LogP contribution in [0.3, 0.4) is 0 Å². The second-order valence-corrected chi connectivity index (χ2v) is 11.1. The number of anilines is 3. The molecule has 0 bridgehead atoms. The van der Waals surface area contributed by atoms with Gasteiger partial charge in [-0.25, -0.2) is 9.37 Å². The first-order chi connectivity index (χ1) is 18.3. The fourth-order valence-electron chi connectivity index (χ4n) is 3.70. The Balaban J connectivity index is 1.62. The molecule has 4 N–H and O–H groups in total. The highest BCUT2D eigenvalue weighted by Gasteiger charge is 2.22. The number of aryl methyl sites for hydroxylation is 1. The number of carbonyl (C=O) groups excluding carboxylic acids is 2. The van der Waals surface area contributed by atoms with E-state index in [0.29, 0.717) is 38.3 Å². The van der Waals surface area contributed by atoms with E-state index < -0.39 is 17.1 Å². The zero-order valence-corrected chi connectivity index (χ0v) is 23.7. The lowest BCUT2D eigenvalue weighted by atomic mass is 9.95. The average Bonchev–Trinajstić information content (AvgIpc) is 3.15. The van der Waals surface area contributed by atoms with Crippen LogP contribution in [0.4, 0.5) is 21.7 Å². The van der Waals surface area contributed by atoms with Crippen LogP contribution in [-0.2, 0) is 18.4 Å². The van der Waals surface area contributed by atoms with E-state index in [1.165, 1.54) is 24.3 Å². The van der Waals surface area contributed by atoms with Crippen LogP contribution in [0.5, 0.6) is 5.75 Å². The monoisotopic (exact) mass is 591 g/mol. The third-order valence-electron chi connectivity index (χ3n) is 5.95. The number of nitrogens with one attached hydrogen (secondary N) is 3. The minimum absolute atomic E-state index is 0.0878. The van der Waals surface area contributed by atoms with Crippen LogP contribution in [0.2, 0.25) is 15.1 Å². The quantitative estimate of drug-likeness (QED) is 0.192. The van der Waals surface area contributed by atoms with Crippen LogP contribution >= 0.6 is 34.8 Å². The Kier molecular flexibility index (Phi) is 7.97. The smallest absolute Gasteiger partial charge is 0.259 e. The van der Waals surface area contributed by atoms with Crippen molar-refractivity contribution in [2.75, 3.05) is 10.6 Å². The fraction of sp³-hybridized carbons (Fsp3) is 0.222. The predicted octanol–water partition coefficient (Wildman–Crippen LogP) is 7.04. The molecule has 1 aromatic heterocycles. The van der Waals surface area contributed by atoms with E-state index in [4.69, 9.17) is 34.8 Å². The summed E-state index contributed by atoms with van der Waals surface area (Å²) in [6.45, 7) is 5.64. The highest BCUT2D eigenvalue weighted by Crippen LogP contribution is 2.37. The molecule has 2 amide bonds. The van der Waals surface area contributed by atoms with Gasteiger partial charge >= 0.3 is 0 Å². The third-order valence-corrected chi connectivity index (χ3v) is 6.93. The van der Waals surface area contributed by atoms with Crippen LogP contribution in [0.1, 0.15) is 36.7 Å². The minimum Gasteiger partial charge on any atom is -0.507 e. The Morgan fingerprint density at radius 2 is 1.79 bits per heavy atom. The molecular formula is C27H25Cl3FN5O3. The SMILES string of the molecule is Cn1c(Nc2c(Cl)ccc(CNC(=O)C(C)(C)C)c2Cl)nc2cc(C(=O)Nc3ccc(Cl)cc3F)c(O)cc21. The Hall–Kier alpha value is -3.53. The lowest BCUT2D eigenvalue weighted by Gasteiger charge is -2.19. The van der Waals surface area contributed by atoms with Gasteiger partial charge in [-0.1, -0.05) is 61.6 Å². The number of phenols is 1. The van der Waals surface area contributed by atoms with Crippen molar-refractivity contribution in [1.82, 2.24) is 14.9 Å². The van der Waals surface area contributed by atoms with Crippen molar-refractivity contribution in [3.05, 3.63) is 74.5 Å². The highest BCUT2D eigenvalue weighted by atomic mass is 35.5. The van der Waals surface area contributed by atoms with Gasteiger partial charge in [-0.15, -0.1) is 0 Å². The summed E-state index contributed by atoms with van der Waals surface area (Å²) >= 11 is 18.8. The molecular weight excluding hydrogens is 568 g/mol. The van der Waals surface area contributed by atoms with Gasteiger partial charge in [-0.05, 0) is 35.9 Å². The van der Waals surface area contributed by atoms with E-state index in [9.17, 15) is 19.1 Å². The van der Waals surface area contributed by atoms with Crippen molar-refractivity contribution in [2.45, 2.75) is 27.3 Å². The van der Waals surface area contributed by atoms with Crippen LogP contribution in [0, 0.1) is 11.2 Å². The number of halogens is 4. The molecule has 4 aromatic rings. The van der Waals surface area contributed by atoms with Crippen molar-refractivity contribution in [1.29, 1.82) is 0 Å². The molecule has 0 aliphatic heterocycles. The van der Waals surface area contributed by atoms with Gasteiger partial charge < -0.3 is 25.6 Å². The van der Waals surface area contributed by atoms with E-state index in [1.54, 1.807) is 23.7 Å². The molecule has 0 saturated heterocycles. The van der Waals surface area contributed by atoms with Crippen molar-refractivity contribution >= 4 is 75.0 Å². The largest absolute Gasteiger partial charge is 0.507 e. The van der Waals surface area contributed by atoms with E-state index in [1.807, 2.05) is 20.8 Å². The zero-order valence-electron chi connectivity index (χ0n) is 21.4. The number of hydrogen-bond donors (Lipinski definition) is 4. The van der Waals surface area contributed by atoms with Crippen molar-refractivity contribution in [3.8, 4) is 5.75 Å². The molecule has 0 aliphatic rings. The number of carbonyl (C=O) groups is 2. The Morgan fingerprint density at radius 1 is 1.08 bits per heavy atom. The van der Waals surface area contributed by atoms with Gasteiger partial charge in [0.05, 0.1) is 38.0 Å². The van der Waals surface area contributed by atoms with Gasteiger partial charge in [0, 0.05) is 30.1 Å². The maximum Gasteiger partial charge on any atom is 0.259 e. The molecule has 8 nitrogen and oxygen atoms in total. The molecule has 3 aromatic carbocycles. The van der Waals surface area contributed by atoms with Crippen LogP contribution in [0.25, 0.3) is 11.0 Å². The van der Waals surface area contributed by atoms with Gasteiger partial charge in [0.25, 0.3) is 5.91 Å². The molecule has 0 spiro atoms. The molecule has 0 radical (unpaired) electrons. The van der Waals surface area contributed by atoms with Crippen molar-refractivity contribution in [2.24, 2.45) is 12.5 Å². The fourth-order valence-corrected chi connectivity index (χ4v) is 4.39. The van der Waals surface area contributed by atoms with Gasteiger partial charge in [0.1, 0.15) is 11.6 Å². The standard InChI is InChI=1S/C27H25Cl3FN5O3/c1-27(2,3)25(39)32-12-13-5-7-16(29)23(22(13)30)35-26-34-19-10-15(21(37)11-20(19)36(26)4)24(38)33-18-8-6-14(28)9-17(18)31/h5-11,37H,12H2,1-4H3,(H,32,39)(H,33,38)(H,34,35). The summed E-state index contributed by atoms with van der Waals surface area (Å²) in [6, 6.07) is 9.97. The number of amides is 2. The topological polar surface area (TPSA) is 108 Å². The highest BCUT2D eigenvalue weighted by molar-refractivity contribution is 6.39. The number of nitrogens with zero attached hydrogens (tertiary/aromatic N) is 2. The number of imidazole rings is 1. The molecule has 39 heavy (non-hydrogen) atoms. The third kappa shape index (κ3) is 6.06. The Morgan fingerprint density at radius 3 is 2.46 bits per heavy atom. The summed E-state index contributed by atoms with van der Waals surface area (Å²) in [5.41, 5.74) is 1.15. The number of hydrogen-bond acceptors (Lipinski definition) is 5. The first-order valence-corrected chi connectivity index (χ1v) is 12.9. The molecule has 4 rings (SSSR count). The first kappa shape index (κ1) is 28.5. The summed E-state index contributed by atoms with van der Waals surface area (Å²) in [6.07, 6.45) is 0. The zero-order chi connectivity index (χ0) is 28.6. The summed E-state index contributed by atoms with van der Waals surface area (Å²) in [4.78, 5) is 29.6. The van der Waals surface area contributed by atoms with Gasteiger partial charge in [0.15, 0.2) is 0 Å². The van der Waals surface area contributed by atoms with E-state index in [0.717, 1.165) is 6.07 Å². The number of fused-ring (bicyclic) bond motifs is 1. The number of aromatic nitrogens is 2. The van der Waals surface area contributed by atoms with Gasteiger partial charge in [-0.3, -0.25) is 9.59 Å². The molecule has 12 heteroatoms. The molecule has 1 heterocycles. The number of phenolic OH excluding ortho intramolecular Hbond substituents is 1. The maximum absolute atomic E-state index is 14.1. The minimum atomic E-state index is -0.730. The number of aromatic hydroxyl groups is 1. The second-order valence-electron chi connectivity index (χ2n) is 9.88. The molecule has 0 saturated carbocycles. The van der Waals surface area contributed by atoms with Gasteiger partial charge in [0.2, 0.25) is 11.9 Å². The molecule has 0 fully saturated rings. The molecule has 0 atom stereocenters. The number of benzene rings is 3. The van der Waals surface area contributed by atoms with Crippen molar-refractivity contribution < 1.29 is 19.1 Å². The number of rotatable bonds is 6. The predicted molar refractivity (Wildman–Crippen MR) is 153 cm³/mol. The normalized spacial score (nSPS) is 11.5. The Bertz CT molecular complexity index is 1610. The van der Waals surface area contributed by atoms with Crippen molar-refractivity contribution in [3.63, 3.8) is 0 Å². The molecule has 0 unspecified atom stereocenters. The Labute approximate surface area is 239 Å². The second kappa shape index (κ2) is 10.9. The van der Waals surface area contributed by atoms with E-state index in [2.05, 4.69) is 20.9 Å². The summed E-state index contributed by atoms with van der Waals surface area (Å²) in [5, 5.41) is 19.8. The van der Waals surface area contributed by atoms with Crippen LogP contribution < -0.4 is 16.0 Å². The lowest BCUT2D eigenvalue weighted by Crippen LogP contribution is -2.34.